The van der Waals surface area contributed by atoms with Crippen molar-refractivity contribution < 1.29 is 19.4 Å². The second-order valence-corrected chi connectivity index (χ2v) is 7.01. The molecular formula is C15H25NO4S. The second kappa shape index (κ2) is 8.63. The van der Waals surface area contributed by atoms with Crippen LogP contribution in [0.1, 0.15) is 38.5 Å². The molecular weight excluding hydrogens is 290 g/mol. The van der Waals surface area contributed by atoms with Crippen molar-refractivity contribution in [1.29, 1.82) is 0 Å². The maximum atomic E-state index is 12.3. The zero-order chi connectivity index (χ0) is 15.1. The van der Waals surface area contributed by atoms with Crippen LogP contribution in [0, 0.1) is 5.92 Å². The van der Waals surface area contributed by atoms with Crippen LogP contribution in [0.5, 0.6) is 0 Å². The van der Waals surface area contributed by atoms with Crippen LogP contribution < -0.4 is 0 Å². The first-order valence-electron chi connectivity index (χ1n) is 7.83. The predicted molar refractivity (Wildman–Crippen MR) is 82.5 cm³/mol. The highest BCUT2D eigenvalue weighted by molar-refractivity contribution is 7.99. The number of carbonyl (C=O) groups is 2. The molecule has 0 aliphatic carbocycles. The third-order valence-corrected chi connectivity index (χ3v) is 5.39. The minimum atomic E-state index is -0.817. The average molecular weight is 315 g/mol. The van der Waals surface area contributed by atoms with Crippen molar-refractivity contribution in [3.05, 3.63) is 0 Å². The van der Waals surface area contributed by atoms with Gasteiger partial charge in [-0.15, -0.1) is 0 Å². The van der Waals surface area contributed by atoms with E-state index in [1.807, 2.05) is 0 Å². The van der Waals surface area contributed by atoms with Gasteiger partial charge in [-0.2, -0.15) is 11.8 Å². The number of carboxylic acids is 1. The fraction of sp³-hybridized carbons (Fsp3) is 0.867. The van der Waals surface area contributed by atoms with Crippen molar-refractivity contribution in [2.75, 3.05) is 31.3 Å². The molecule has 2 aliphatic heterocycles. The van der Waals surface area contributed by atoms with Crippen LogP contribution in [0.25, 0.3) is 0 Å². The van der Waals surface area contributed by atoms with E-state index in [1.54, 1.807) is 16.7 Å². The fourth-order valence-electron chi connectivity index (χ4n) is 3.07. The molecule has 0 aromatic rings. The molecule has 0 radical (unpaired) electrons. The van der Waals surface area contributed by atoms with Gasteiger partial charge in [-0.25, -0.2) is 0 Å². The Morgan fingerprint density at radius 2 is 2.05 bits per heavy atom. The third kappa shape index (κ3) is 5.51. The average Bonchev–Trinajstić information content (AvgIpc) is 2.48. The number of thioether (sulfide) groups is 1. The van der Waals surface area contributed by atoms with Gasteiger partial charge >= 0.3 is 5.97 Å². The van der Waals surface area contributed by atoms with Gasteiger partial charge < -0.3 is 14.7 Å². The van der Waals surface area contributed by atoms with Gasteiger partial charge in [0.05, 0.1) is 12.5 Å². The van der Waals surface area contributed by atoms with Crippen LogP contribution in [0.2, 0.25) is 0 Å². The first kappa shape index (κ1) is 16.6. The minimum absolute atomic E-state index is 0.0682. The van der Waals surface area contributed by atoms with Gasteiger partial charge in [-0.05, 0) is 31.6 Å². The molecule has 2 fully saturated rings. The molecule has 1 unspecified atom stereocenters. The van der Waals surface area contributed by atoms with E-state index < -0.39 is 5.97 Å². The standard InChI is InChI=1S/C15H25NO4S/c17-14(3-1-2-12-4-7-20-8-5-12)16-6-9-21-11-13(16)10-15(18)19/h12-13H,1-11H2,(H,18,19). The quantitative estimate of drug-likeness (QED) is 0.812. The van der Waals surface area contributed by atoms with Crippen molar-refractivity contribution in [1.82, 2.24) is 4.90 Å². The summed E-state index contributed by atoms with van der Waals surface area (Å²) in [7, 11) is 0. The lowest BCUT2D eigenvalue weighted by molar-refractivity contribution is -0.140. The summed E-state index contributed by atoms with van der Waals surface area (Å²) in [5, 5.41) is 8.95. The van der Waals surface area contributed by atoms with Gasteiger partial charge in [0, 0.05) is 37.7 Å². The van der Waals surface area contributed by atoms with Gasteiger partial charge in [0.2, 0.25) is 5.91 Å². The second-order valence-electron chi connectivity index (χ2n) is 5.86. The molecule has 0 spiro atoms. The summed E-state index contributed by atoms with van der Waals surface area (Å²) in [5.74, 6) is 1.68. The van der Waals surface area contributed by atoms with Gasteiger partial charge in [0.15, 0.2) is 0 Å². The maximum absolute atomic E-state index is 12.3. The summed E-state index contributed by atoms with van der Waals surface area (Å²) in [6.07, 6.45) is 4.83. The van der Waals surface area contributed by atoms with Crippen LogP contribution in [0.15, 0.2) is 0 Å². The van der Waals surface area contributed by atoms with E-state index in [-0.39, 0.29) is 18.4 Å². The summed E-state index contributed by atoms with van der Waals surface area (Å²) >= 11 is 1.74. The smallest absolute Gasteiger partial charge is 0.305 e. The highest BCUT2D eigenvalue weighted by atomic mass is 32.2. The molecule has 1 N–H and O–H groups in total. The summed E-state index contributed by atoms with van der Waals surface area (Å²) in [4.78, 5) is 25.0. The Morgan fingerprint density at radius 1 is 1.29 bits per heavy atom. The molecule has 5 nitrogen and oxygen atoms in total. The van der Waals surface area contributed by atoms with Crippen LogP contribution in [-0.2, 0) is 14.3 Å². The Balaban J connectivity index is 1.73. The van der Waals surface area contributed by atoms with Gasteiger partial charge in [-0.3, -0.25) is 9.59 Å². The van der Waals surface area contributed by atoms with Gasteiger partial charge in [0.1, 0.15) is 0 Å². The first-order valence-corrected chi connectivity index (χ1v) is 8.99. The van der Waals surface area contributed by atoms with E-state index in [1.165, 1.54) is 0 Å². The fourth-order valence-corrected chi connectivity index (χ4v) is 4.14. The largest absolute Gasteiger partial charge is 0.481 e. The summed E-state index contributed by atoms with van der Waals surface area (Å²) in [6.45, 7) is 2.39. The number of carbonyl (C=O) groups excluding carboxylic acids is 1. The molecule has 0 bridgehead atoms. The van der Waals surface area contributed by atoms with E-state index >= 15 is 0 Å². The summed E-state index contributed by atoms with van der Waals surface area (Å²) < 4.78 is 5.34. The number of carboxylic acid groups (broad SMARTS) is 1. The monoisotopic (exact) mass is 315 g/mol. The van der Waals surface area contributed by atoms with Crippen LogP contribution in [-0.4, -0.2) is 59.2 Å². The molecule has 2 heterocycles. The molecule has 2 aliphatic rings. The number of rotatable bonds is 6. The number of aliphatic carboxylic acids is 1. The Labute approximate surface area is 130 Å². The molecule has 6 heteroatoms. The van der Waals surface area contributed by atoms with E-state index in [4.69, 9.17) is 9.84 Å². The van der Waals surface area contributed by atoms with E-state index in [0.29, 0.717) is 18.9 Å². The Bertz CT molecular complexity index is 358. The van der Waals surface area contributed by atoms with Crippen molar-refractivity contribution in [3.63, 3.8) is 0 Å². The Hall–Kier alpha value is -0.750. The van der Waals surface area contributed by atoms with Crippen molar-refractivity contribution in [2.45, 2.75) is 44.6 Å². The molecule has 21 heavy (non-hydrogen) atoms. The van der Waals surface area contributed by atoms with Gasteiger partial charge in [0.25, 0.3) is 0 Å². The highest BCUT2D eigenvalue weighted by Crippen LogP contribution is 2.23. The van der Waals surface area contributed by atoms with Crippen molar-refractivity contribution in [3.8, 4) is 0 Å². The summed E-state index contributed by atoms with van der Waals surface area (Å²) in [5.41, 5.74) is 0. The first-order chi connectivity index (χ1) is 10.2. The maximum Gasteiger partial charge on any atom is 0.305 e. The lowest BCUT2D eigenvalue weighted by Crippen LogP contribution is -2.47. The number of amides is 1. The van der Waals surface area contributed by atoms with Crippen LogP contribution in [0.4, 0.5) is 0 Å². The minimum Gasteiger partial charge on any atom is -0.481 e. The van der Waals surface area contributed by atoms with Gasteiger partial charge in [-0.1, -0.05) is 0 Å². The van der Waals surface area contributed by atoms with Crippen molar-refractivity contribution in [2.24, 2.45) is 5.92 Å². The molecule has 2 saturated heterocycles. The lowest BCUT2D eigenvalue weighted by atomic mass is 9.94. The Morgan fingerprint density at radius 3 is 2.76 bits per heavy atom. The normalized spacial score (nSPS) is 24.0. The molecule has 120 valence electrons. The number of nitrogens with zero attached hydrogens (tertiary/aromatic N) is 1. The van der Waals surface area contributed by atoms with Crippen LogP contribution in [0.3, 0.4) is 0 Å². The topological polar surface area (TPSA) is 66.8 Å². The molecule has 1 atom stereocenters. The molecule has 0 saturated carbocycles. The van der Waals surface area contributed by atoms with E-state index in [2.05, 4.69) is 0 Å². The number of ether oxygens (including phenoxy) is 1. The molecule has 0 aromatic carbocycles. The third-order valence-electron chi connectivity index (χ3n) is 4.30. The lowest BCUT2D eigenvalue weighted by Gasteiger charge is -2.35. The van der Waals surface area contributed by atoms with Crippen molar-refractivity contribution >= 4 is 23.6 Å². The zero-order valence-corrected chi connectivity index (χ0v) is 13.3. The zero-order valence-electron chi connectivity index (χ0n) is 12.5. The van der Waals surface area contributed by atoms with E-state index in [0.717, 1.165) is 50.4 Å². The molecule has 2 rings (SSSR count). The number of hydrogen-bond donors (Lipinski definition) is 1. The SMILES string of the molecule is O=C(O)CC1CSCCN1C(=O)CCCC1CCOCC1. The Kier molecular flexibility index (Phi) is 6.83. The van der Waals surface area contributed by atoms with Crippen LogP contribution >= 0.6 is 11.8 Å². The highest BCUT2D eigenvalue weighted by Gasteiger charge is 2.28. The predicted octanol–water partition coefficient (Wildman–Crippen LogP) is 2.00. The van der Waals surface area contributed by atoms with E-state index in [9.17, 15) is 9.59 Å². The molecule has 1 amide bonds. The summed E-state index contributed by atoms with van der Waals surface area (Å²) in [6, 6.07) is -0.128. The number of hydrogen-bond acceptors (Lipinski definition) is 4. The molecule has 0 aromatic heterocycles.